The Morgan fingerprint density at radius 3 is 2.44 bits per heavy atom. The van der Waals surface area contributed by atoms with Crippen molar-refractivity contribution in [3.8, 4) is 11.8 Å². The average molecular weight is 491 g/mol. The number of aromatic nitrogens is 5. The van der Waals surface area contributed by atoms with Crippen molar-refractivity contribution in [1.29, 1.82) is 0 Å². The number of hydrogen-bond donors (Lipinski definition) is 3. The van der Waals surface area contributed by atoms with E-state index in [-0.39, 0.29) is 0 Å². The van der Waals surface area contributed by atoms with Gasteiger partial charge in [0.2, 0.25) is 5.95 Å². The van der Waals surface area contributed by atoms with E-state index >= 15 is 0 Å². The van der Waals surface area contributed by atoms with E-state index in [1.807, 2.05) is 62.4 Å². The molecule has 0 saturated heterocycles. The highest BCUT2D eigenvalue weighted by molar-refractivity contribution is 8.00. The van der Waals surface area contributed by atoms with Crippen LogP contribution in [0.1, 0.15) is 22.6 Å². The third kappa shape index (κ3) is 5.51. The summed E-state index contributed by atoms with van der Waals surface area (Å²) in [5, 5.41) is 5.20. The molecule has 0 saturated carbocycles. The Morgan fingerprint density at radius 1 is 0.861 bits per heavy atom. The molecule has 4 aromatic heterocycles. The summed E-state index contributed by atoms with van der Waals surface area (Å²) in [5.41, 5.74) is 9.99. The van der Waals surface area contributed by atoms with Crippen molar-refractivity contribution in [2.24, 2.45) is 0 Å². The SMILES string of the molecule is Cc1cc(C)nc(NSc2ccc(Nc3cc4c(C#Cc5cccnc5N)nccc4cn3)cc2)n1. The maximum Gasteiger partial charge on any atom is 0.233 e. The van der Waals surface area contributed by atoms with E-state index in [2.05, 4.69) is 46.8 Å². The second-order valence-electron chi connectivity index (χ2n) is 7.96. The molecule has 1 aromatic carbocycles. The van der Waals surface area contributed by atoms with Crippen molar-refractivity contribution in [1.82, 2.24) is 24.9 Å². The molecule has 0 radical (unpaired) electrons. The number of pyridine rings is 3. The van der Waals surface area contributed by atoms with Gasteiger partial charge in [-0.15, -0.1) is 0 Å². The van der Waals surface area contributed by atoms with Crippen molar-refractivity contribution in [2.75, 3.05) is 15.8 Å². The fourth-order valence-electron chi connectivity index (χ4n) is 3.51. The molecule has 0 bridgehead atoms. The van der Waals surface area contributed by atoms with Gasteiger partial charge >= 0.3 is 0 Å². The Morgan fingerprint density at radius 2 is 1.67 bits per heavy atom. The largest absolute Gasteiger partial charge is 0.383 e. The maximum atomic E-state index is 5.91. The summed E-state index contributed by atoms with van der Waals surface area (Å²) in [6.07, 6.45) is 5.17. The zero-order chi connectivity index (χ0) is 24.9. The molecule has 0 spiro atoms. The molecule has 5 aromatic rings. The minimum Gasteiger partial charge on any atom is -0.383 e. The van der Waals surface area contributed by atoms with Crippen LogP contribution in [-0.4, -0.2) is 24.9 Å². The van der Waals surface area contributed by atoms with E-state index in [0.717, 1.165) is 32.7 Å². The summed E-state index contributed by atoms with van der Waals surface area (Å²) in [6.45, 7) is 3.90. The molecular weight excluding hydrogens is 468 g/mol. The zero-order valence-corrected chi connectivity index (χ0v) is 20.5. The first-order valence-corrected chi connectivity index (χ1v) is 11.9. The first-order chi connectivity index (χ1) is 17.5. The van der Waals surface area contributed by atoms with Gasteiger partial charge in [-0.05, 0) is 86.3 Å². The van der Waals surface area contributed by atoms with Crippen LogP contribution in [0.25, 0.3) is 10.8 Å². The summed E-state index contributed by atoms with van der Waals surface area (Å²) < 4.78 is 3.20. The van der Waals surface area contributed by atoms with E-state index in [1.54, 1.807) is 24.7 Å². The first-order valence-electron chi connectivity index (χ1n) is 11.1. The summed E-state index contributed by atoms with van der Waals surface area (Å²) in [5.74, 6) is 7.88. The van der Waals surface area contributed by atoms with Gasteiger partial charge in [-0.25, -0.2) is 24.9 Å². The van der Waals surface area contributed by atoms with Crippen molar-refractivity contribution >= 4 is 46.0 Å². The third-order valence-corrected chi connectivity index (χ3v) is 5.96. The highest BCUT2D eigenvalue weighted by Crippen LogP contribution is 2.25. The van der Waals surface area contributed by atoms with Crippen LogP contribution in [0.2, 0.25) is 0 Å². The Balaban J connectivity index is 1.32. The molecule has 5 rings (SSSR count). The van der Waals surface area contributed by atoms with Crippen LogP contribution in [0.3, 0.4) is 0 Å². The van der Waals surface area contributed by atoms with Crippen molar-refractivity contribution in [3.05, 3.63) is 95.8 Å². The monoisotopic (exact) mass is 490 g/mol. The van der Waals surface area contributed by atoms with Gasteiger partial charge in [-0.1, -0.05) is 5.92 Å². The summed E-state index contributed by atoms with van der Waals surface area (Å²) in [6, 6.07) is 17.5. The zero-order valence-electron chi connectivity index (χ0n) is 19.6. The molecule has 8 nitrogen and oxygen atoms in total. The Bertz CT molecular complexity index is 1590. The third-order valence-electron chi connectivity index (χ3n) is 5.17. The second kappa shape index (κ2) is 10.3. The number of nitrogens with two attached hydrogens (primary N) is 1. The number of nitrogens with one attached hydrogen (secondary N) is 2. The number of nitrogens with zero attached hydrogens (tertiary/aromatic N) is 5. The molecule has 0 fully saturated rings. The van der Waals surface area contributed by atoms with Crippen molar-refractivity contribution < 1.29 is 0 Å². The van der Waals surface area contributed by atoms with Gasteiger partial charge in [-0.3, -0.25) is 4.72 Å². The summed E-state index contributed by atoms with van der Waals surface area (Å²) >= 11 is 1.46. The lowest BCUT2D eigenvalue weighted by Crippen LogP contribution is -1.98. The van der Waals surface area contributed by atoms with Crippen LogP contribution >= 0.6 is 11.9 Å². The highest BCUT2D eigenvalue weighted by Gasteiger charge is 2.05. The lowest BCUT2D eigenvalue weighted by molar-refractivity contribution is 1.07. The van der Waals surface area contributed by atoms with Crippen LogP contribution < -0.4 is 15.8 Å². The van der Waals surface area contributed by atoms with Crippen LogP contribution in [0.15, 0.2) is 78.1 Å². The van der Waals surface area contributed by atoms with Crippen LogP contribution in [-0.2, 0) is 0 Å². The van der Waals surface area contributed by atoms with Crippen molar-refractivity contribution in [3.63, 3.8) is 0 Å². The Hall–Kier alpha value is -4.68. The van der Waals surface area contributed by atoms with E-state index < -0.39 is 0 Å². The molecule has 0 atom stereocenters. The van der Waals surface area contributed by atoms with E-state index in [9.17, 15) is 0 Å². The normalized spacial score (nSPS) is 10.5. The molecule has 36 heavy (non-hydrogen) atoms. The molecular formula is C27H22N8S. The fourth-order valence-corrected chi connectivity index (χ4v) is 4.09. The molecule has 176 valence electrons. The van der Waals surface area contributed by atoms with Gasteiger partial charge in [-0.2, -0.15) is 0 Å². The first kappa shape index (κ1) is 23.1. The lowest BCUT2D eigenvalue weighted by atomic mass is 10.1. The Labute approximate surface area is 213 Å². The lowest BCUT2D eigenvalue weighted by Gasteiger charge is -2.09. The van der Waals surface area contributed by atoms with Crippen LogP contribution in [0, 0.1) is 25.7 Å². The standard InChI is InChI=1S/C27H22N8S/c1-17-14-18(2)33-27(32-17)35-36-22-8-6-21(7-9-22)34-25-15-23-20(16-31-25)11-13-29-24(23)10-5-19-4-3-12-30-26(19)28/h3-4,6-9,11-16H,1-2H3,(H2,28,30)(H,31,34)(H,32,33,35). The van der Waals surface area contributed by atoms with Crippen LogP contribution in [0.4, 0.5) is 23.3 Å². The van der Waals surface area contributed by atoms with Gasteiger partial charge in [0.1, 0.15) is 17.3 Å². The number of anilines is 4. The highest BCUT2D eigenvalue weighted by atomic mass is 32.2. The molecule has 0 aliphatic carbocycles. The average Bonchev–Trinajstić information content (AvgIpc) is 2.87. The number of aryl methyl sites for hydroxylation is 2. The summed E-state index contributed by atoms with van der Waals surface area (Å²) in [4.78, 5) is 22.9. The maximum absolute atomic E-state index is 5.91. The minimum absolute atomic E-state index is 0.396. The smallest absolute Gasteiger partial charge is 0.233 e. The molecule has 9 heteroatoms. The van der Waals surface area contributed by atoms with E-state index in [4.69, 9.17) is 5.73 Å². The van der Waals surface area contributed by atoms with Gasteiger partial charge < -0.3 is 11.1 Å². The van der Waals surface area contributed by atoms with E-state index in [0.29, 0.717) is 28.8 Å². The molecule has 0 amide bonds. The topological polar surface area (TPSA) is 115 Å². The number of fused-ring (bicyclic) bond motifs is 1. The number of benzene rings is 1. The molecule has 4 N–H and O–H groups in total. The van der Waals surface area contributed by atoms with Gasteiger partial charge in [0.25, 0.3) is 0 Å². The molecule has 0 aliphatic heterocycles. The Kier molecular flexibility index (Phi) is 6.60. The molecule has 0 unspecified atom stereocenters. The second-order valence-corrected chi connectivity index (χ2v) is 8.84. The quantitative estimate of drug-likeness (QED) is 0.224. The summed E-state index contributed by atoms with van der Waals surface area (Å²) in [7, 11) is 0. The van der Waals surface area contributed by atoms with Crippen LogP contribution in [0.5, 0.6) is 0 Å². The predicted molar refractivity (Wildman–Crippen MR) is 145 cm³/mol. The van der Waals surface area contributed by atoms with Gasteiger partial charge in [0, 0.05) is 51.3 Å². The number of hydrogen-bond acceptors (Lipinski definition) is 9. The molecule has 4 heterocycles. The minimum atomic E-state index is 0.396. The predicted octanol–water partition coefficient (Wildman–Crippen LogP) is 5.28. The van der Waals surface area contributed by atoms with Crippen molar-refractivity contribution in [2.45, 2.75) is 18.7 Å². The van der Waals surface area contributed by atoms with E-state index in [1.165, 1.54) is 11.9 Å². The molecule has 0 aliphatic rings. The fraction of sp³-hybridized carbons (Fsp3) is 0.0741. The number of nitrogen functional groups attached to an aromatic ring is 1. The van der Waals surface area contributed by atoms with Gasteiger partial charge in [0.05, 0.1) is 5.56 Å². The van der Waals surface area contributed by atoms with Gasteiger partial charge in [0.15, 0.2) is 0 Å². The number of rotatable bonds is 5.